The van der Waals surface area contributed by atoms with Gasteiger partial charge in [-0.3, -0.25) is 0 Å². The maximum Gasteiger partial charge on any atom is 0.407 e. The van der Waals surface area contributed by atoms with Gasteiger partial charge in [0.25, 0.3) is 0 Å². The van der Waals surface area contributed by atoms with Crippen molar-refractivity contribution in [2.45, 2.75) is 12.7 Å². The molecule has 0 bridgehead atoms. The molecule has 1 aliphatic heterocycles. The largest absolute Gasteiger partial charge is 0.486 e. The highest BCUT2D eigenvalue weighted by Gasteiger charge is 2.20. The summed E-state index contributed by atoms with van der Waals surface area (Å²) in [7, 11) is 0. The van der Waals surface area contributed by atoms with Gasteiger partial charge in [-0.2, -0.15) is 0 Å². The second-order valence-electron chi connectivity index (χ2n) is 5.49. The van der Waals surface area contributed by atoms with E-state index in [1.807, 2.05) is 30.3 Å². The molecule has 0 saturated carbocycles. The van der Waals surface area contributed by atoms with Crippen molar-refractivity contribution in [1.29, 1.82) is 0 Å². The van der Waals surface area contributed by atoms with Crippen molar-refractivity contribution < 1.29 is 24.1 Å². The van der Waals surface area contributed by atoms with E-state index in [4.69, 9.17) is 25.8 Å². The van der Waals surface area contributed by atoms with E-state index >= 15 is 0 Å². The fourth-order valence-corrected chi connectivity index (χ4v) is 2.67. The zero-order chi connectivity index (χ0) is 17.6. The van der Waals surface area contributed by atoms with Crippen LogP contribution < -0.4 is 14.8 Å². The number of aliphatic hydroxyl groups is 1. The van der Waals surface area contributed by atoms with Crippen LogP contribution in [0.5, 0.6) is 11.5 Å². The van der Waals surface area contributed by atoms with E-state index in [-0.39, 0.29) is 13.2 Å². The second kappa shape index (κ2) is 8.09. The molecule has 0 saturated heterocycles. The monoisotopic (exact) mass is 363 g/mol. The number of hydrogen-bond donors (Lipinski definition) is 2. The number of carbonyl (C=O) groups is 1. The van der Waals surface area contributed by atoms with Gasteiger partial charge in [-0.1, -0.05) is 41.9 Å². The van der Waals surface area contributed by atoms with Crippen molar-refractivity contribution in [1.82, 2.24) is 5.32 Å². The Morgan fingerprint density at radius 2 is 2.00 bits per heavy atom. The van der Waals surface area contributed by atoms with E-state index in [0.717, 1.165) is 5.56 Å². The van der Waals surface area contributed by atoms with Crippen LogP contribution in [0.25, 0.3) is 0 Å². The van der Waals surface area contributed by atoms with E-state index in [9.17, 15) is 9.90 Å². The van der Waals surface area contributed by atoms with E-state index in [1.165, 1.54) is 0 Å². The summed E-state index contributed by atoms with van der Waals surface area (Å²) in [4.78, 5) is 11.7. The lowest BCUT2D eigenvalue weighted by Crippen LogP contribution is -2.29. The van der Waals surface area contributed by atoms with Gasteiger partial charge in [0, 0.05) is 0 Å². The summed E-state index contributed by atoms with van der Waals surface area (Å²) >= 11 is 6.14. The van der Waals surface area contributed by atoms with Crippen molar-refractivity contribution in [2.24, 2.45) is 0 Å². The Labute approximate surface area is 150 Å². The Morgan fingerprint density at radius 1 is 1.24 bits per heavy atom. The minimum absolute atomic E-state index is 0.0103. The fourth-order valence-electron chi connectivity index (χ4n) is 2.40. The SMILES string of the molecule is O=C(NCC(O)c1cc(Cl)c2c(c1)OCCO2)OCc1ccccc1. The topological polar surface area (TPSA) is 77.0 Å². The maximum atomic E-state index is 11.7. The first-order chi connectivity index (χ1) is 12.1. The molecule has 25 heavy (non-hydrogen) atoms. The van der Waals surface area contributed by atoms with Gasteiger partial charge in [0.15, 0.2) is 11.5 Å². The summed E-state index contributed by atoms with van der Waals surface area (Å²) in [5, 5.41) is 13.1. The van der Waals surface area contributed by atoms with Crippen molar-refractivity contribution in [3.8, 4) is 11.5 Å². The van der Waals surface area contributed by atoms with Gasteiger partial charge in [0.2, 0.25) is 0 Å². The Morgan fingerprint density at radius 3 is 2.80 bits per heavy atom. The summed E-state index contributed by atoms with van der Waals surface area (Å²) < 4.78 is 16.0. The third kappa shape index (κ3) is 4.55. The molecule has 1 unspecified atom stereocenters. The molecule has 7 heteroatoms. The van der Waals surface area contributed by atoms with Gasteiger partial charge in [-0.15, -0.1) is 0 Å². The molecule has 0 fully saturated rings. The summed E-state index contributed by atoms with van der Waals surface area (Å²) in [5.74, 6) is 0.957. The number of hydrogen-bond acceptors (Lipinski definition) is 5. The van der Waals surface area contributed by atoms with Crippen molar-refractivity contribution in [3.05, 3.63) is 58.6 Å². The number of rotatable bonds is 5. The van der Waals surface area contributed by atoms with Crippen LogP contribution in [0.1, 0.15) is 17.2 Å². The second-order valence-corrected chi connectivity index (χ2v) is 5.89. The molecule has 132 valence electrons. The zero-order valence-corrected chi connectivity index (χ0v) is 14.2. The highest BCUT2D eigenvalue weighted by molar-refractivity contribution is 6.32. The molecule has 0 aromatic heterocycles. The van der Waals surface area contributed by atoms with E-state index < -0.39 is 12.2 Å². The standard InChI is InChI=1S/C18H18ClNO5/c19-14-8-13(9-16-17(14)24-7-6-23-16)15(21)10-20-18(22)25-11-12-4-2-1-3-5-12/h1-5,8-9,15,21H,6-7,10-11H2,(H,20,22). The Balaban J connectivity index is 1.53. The fraction of sp³-hybridized carbons (Fsp3) is 0.278. The Hall–Kier alpha value is -2.44. The molecular weight excluding hydrogens is 346 g/mol. The predicted octanol–water partition coefficient (Wildman–Crippen LogP) is 3.07. The van der Waals surface area contributed by atoms with Crippen molar-refractivity contribution in [2.75, 3.05) is 19.8 Å². The summed E-state index contributed by atoms with van der Waals surface area (Å²) in [6, 6.07) is 12.6. The molecule has 1 atom stereocenters. The Kier molecular flexibility index (Phi) is 5.63. The van der Waals surface area contributed by atoms with Gasteiger partial charge in [-0.05, 0) is 23.3 Å². The van der Waals surface area contributed by atoms with Crippen LogP contribution in [0.15, 0.2) is 42.5 Å². The van der Waals surface area contributed by atoms with Gasteiger partial charge in [0.1, 0.15) is 19.8 Å². The average molecular weight is 364 g/mol. The van der Waals surface area contributed by atoms with Gasteiger partial charge < -0.3 is 24.6 Å². The number of halogens is 1. The molecule has 1 heterocycles. The minimum atomic E-state index is -0.947. The summed E-state index contributed by atoms with van der Waals surface area (Å²) in [6.45, 7) is 1.01. The van der Waals surface area contributed by atoms with Crippen LogP contribution in [0.2, 0.25) is 5.02 Å². The molecule has 3 rings (SSSR count). The molecule has 6 nitrogen and oxygen atoms in total. The molecule has 1 amide bonds. The van der Waals surface area contributed by atoms with Crippen LogP contribution in [-0.4, -0.2) is 31.0 Å². The molecule has 0 aliphatic carbocycles. The average Bonchev–Trinajstić information content (AvgIpc) is 2.65. The number of alkyl carbamates (subject to hydrolysis) is 1. The maximum absolute atomic E-state index is 11.7. The Bertz CT molecular complexity index is 738. The molecule has 0 spiro atoms. The summed E-state index contributed by atoms with van der Waals surface area (Å²) in [6.07, 6.45) is -1.55. The lowest BCUT2D eigenvalue weighted by Gasteiger charge is -2.21. The number of benzene rings is 2. The molecule has 2 N–H and O–H groups in total. The lowest BCUT2D eigenvalue weighted by molar-refractivity contribution is 0.125. The third-order valence-corrected chi connectivity index (χ3v) is 3.94. The predicted molar refractivity (Wildman–Crippen MR) is 92.0 cm³/mol. The molecular formula is C18H18ClNO5. The molecule has 2 aromatic carbocycles. The normalized spacial score (nSPS) is 13.8. The van der Waals surface area contributed by atoms with Gasteiger partial charge >= 0.3 is 6.09 Å². The summed E-state index contributed by atoms with van der Waals surface area (Å²) in [5.41, 5.74) is 1.41. The number of aliphatic hydroxyl groups excluding tert-OH is 1. The van der Waals surface area contributed by atoms with Crippen LogP contribution in [0, 0.1) is 0 Å². The van der Waals surface area contributed by atoms with Crippen LogP contribution in [-0.2, 0) is 11.3 Å². The first kappa shape index (κ1) is 17.4. The number of nitrogens with one attached hydrogen (secondary N) is 1. The van der Waals surface area contributed by atoms with Crippen LogP contribution in [0.3, 0.4) is 0 Å². The first-order valence-electron chi connectivity index (χ1n) is 7.85. The van der Waals surface area contributed by atoms with E-state index in [2.05, 4.69) is 5.32 Å². The smallest absolute Gasteiger partial charge is 0.407 e. The number of ether oxygens (including phenoxy) is 3. The molecule has 2 aromatic rings. The van der Waals surface area contributed by atoms with Gasteiger partial charge in [-0.25, -0.2) is 4.79 Å². The first-order valence-corrected chi connectivity index (χ1v) is 8.23. The third-order valence-electron chi connectivity index (χ3n) is 3.66. The lowest BCUT2D eigenvalue weighted by atomic mass is 10.1. The number of fused-ring (bicyclic) bond motifs is 1. The number of carbonyl (C=O) groups excluding carboxylic acids is 1. The van der Waals surface area contributed by atoms with Gasteiger partial charge in [0.05, 0.1) is 17.7 Å². The van der Waals surface area contributed by atoms with Crippen molar-refractivity contribution >= 4 is 17.7 Å². The highest BCUT2D eigenvalue weighted by atomic mass is 35.5. The zero-order valence-electron chi connectivity index (χ0n) is 13.4. The van der Waals surface area contributed by atoms with E-state index in [0.29, 0.717) is 35.3 Å². The van der Waals surface area contributed by atoms with Crippen molar-refractivity contribution in [3.63, 3.8) is 0 Å². The van der Waals surface area contributed by atoms with E-state index in [1.54, 1.807) is 12.1 Å². The molecule has 0 radical (unpaired) electrons. The van der Waals surface area contributed by atoms with Crippen LogP contribution in [0.4, 0.5) is 4.79 Å². The number of amides is 1. The minimum Gasteiger partial charge on any atom is -0.486 e. The molecule has 1 aliphatic rings. The van der Waals surface area contributed by atoms with Crippen LogP contribution >= 0.6 is 11.6 Å². The highest BCUT2D eigenvalue weighted by Crippen LogP contribution is 2.39. The quantitative estimate of drug-likeness (QED) is 0.853.